The molecule has 0 bridgehead atoms. The Morgan fingerprint density at radius 3 is 3.00 bits per heavy atom. The number of aliphatic hydroxyl groups is 1. The number of hydrogen-bond acceptors (Lipinski definition) is 3. The van der Waals surface area contributed by atoms with Crippen LogP contribution in [-0.4, -0.2) is 25.4 Å². The van der Waals surface area contributed by atoms with Gasteiger partial charge in [0.1, 0.15) is 5.75 Å². The zero-order valence-corrected chi connectivity index (χ0v) is 11.8. The fraction of sp³-hybridized carbons (Fsp3) is 0.625. The fourth-order valence-corrected chi connectivity index (χ4v) is 2.81. The highest BCUT2D eigenvalue weighted by Gasteiger charge is 2.19. The number of benzene rings is 1. The zero-order chi connectivity index (χ0) is 13.5. The molecule has 3 heteroatoms. The molecule has 0 heterocycles. The maximum Gasteiger partial charge on any atom is 0.119 e. The second-order valence-electron chi connectivity index (χ2n) is 5.25. The van der Waals surface area contributed by atoms with Gasteiger partial charge >= 0.3 is 0 Å². The Morgan fingerprint density at radius 1 is 1.32 bits per heavy atom. The number of ether oxygens (including phenoxy) is 1. The number of unbranched alkanes of at least 4 members (excludes halogenated alkanes) is 2. The first-order valence-electron chi connectivity index (χ1n) is 7.36. The van der Waals surface area contributed by atoms with Crippen LogP contribution >= 0.6 is 0 Å². The van der Waals surface area contributed by atoms with E-state index in [9.17, 15) is 0 Å². The normalized spacial score (nSPS) is 18.1. The van der Waals surface area contributed by atoms with Crippen molar-refractivity contribution >= 4 is 0 Å². The van der Waals surface area contributed by atoms with Gasteiger partial charge in [-0.3, -0.25) is 0 Å². The Kier molecular flexibility index (Phi) is 5.67. The highest BCUT2D eigenvalue weighted by Crippen LogP contribution is 2.32. The quantitative estimate of drug-likeness (QED) is 0.743. The van der Waals surface area contributed by atoms with E-state index in [2.05, 4.69) is 23.5 Å². The maximum absolute atomic E-state index is 8.77. The Morgan fingerprint density at radius 2 is 2.21 bits per heavy atom. The Hall–Kier alpha value is -1.06. The summed E-state index contributed by atoms with van der Waals surface area (Å²) in [4.78, 5) is 0. The predicted molar refractivity (Wildman–Crippen MR) is 77.6 cm³/mol. The van der Waals surface area contributed by atoms with Crippen molar-refractivity contribution in [2.45, 2.75) is 44.6 Å². The van der Waals surface area contributed by atoms with Crippen LogP contribution in [-0.2, 0) is 6.42 Å². The van der Waals surface area contributed by atoms with Gasteiger partial charge in [0.15, 0.2) is 0 Å². The first-order chi connectivity index (χ1) is 9.35. The van der Waals surface area contributed by atoms with E-state index in [0.29, 0.717) is 12.6 Å². The molecule has 1 aliphatic carbocycles. The van der Waals surface area contributed by atoms with Gasteiger partial charge in [0.25, 0.3) is 0 Å². The van der Waals surface area contributed by atoms with Gasteiger partial charge in [0.05, 0.1) is 7.11 Å². The molecule has 1 unspecified atom stereocenters. The van der Waals surface area contributed by atoms with Crippen LogP contribution in [0.2, 0.25) is 0 Å². The van der Waals surface area contributed by atoms with Crippen molar-refractivity contribution in [3.8, 4) is 5.75 Å². The number of methoxy groups -OCH3 is 1. The second-order valence-corrected chi connectivity index (χ2v) is 5.25. The molecule has 19 heavy (non-hydrogen) atoms. The lowest BCUT2D eigenvalue weighted by Gasteiger charge is -2.27. The van der Waals surface area contributed by atoms with Crippen molar-refractivity contribution < 1.29 is 9.84 Å². The van der Waals surface area contributed by atoms with E-state index in [0.717, 1.165) is 31.6 Å². The van der Waals surface area contributed by atoms with E-state index in [1.807, 2.05) is 0 Å². The topological polar surface area (TPSA) is 41.5 Å². The van der Waals surface area contributed by atoms with E-state index >= 15 is 0 Å². The minimum Gasteiger partial charge on any atom is -0.497 e. The summed E-state index contributed by atoms with van der Waals surface area (Å²) in [6.07, 6.45) is 6.80. The largest absolute Gasteiger partial charge is 0.497 e. The van der Waals surface area contributed by atoms with Gasteiger partial charge in [0, 0.05) is 12.6 Å². The third-order valence-corrected chi connectivity index (χ3v) is 3.89. The molecular weight excluding hydrogens is 238 g/mol. The van der Waals surface area contributed by atoms with Gasteiger partial charge in [-0.15, -0.1) is 0 Å². The average molecular weight is 263 g/mol. The number of aliphatic hydroxyl groups excluding tert-OH is 1. The van der Waals surface area contributed by atoms with Gasteiger partial charge < -0.3 is 15.2 Å². The van der Waals surface area contributed by atoms with Crippen LogP contribution in [0.5, 0.6) is 5.75 Å². The third-order valence-electron chi connectivity index (χ3n) is 3.89. The summed E-state index contributed by atoms with van der Waals surface area (Å²) in [5.74, 6) is 0.952. The number of nitrogens with one attached hydrogen (secondary N) is 1. The highest BCUT2D eigenvalue weighted by molar-refractivity contribution is 5.39. The van der Waals surface area contributed by atoms with Gasteiger partial charge in [-0.05, 0) is 68.3 Å². The minimum atomic E-state index is 0.309. The Labute approximate surface area is 116 Å². The molecule has 1 aliphatic rings. The molecule has 1 atom stereocenters. The van der Waals surface area contributed by atoms with Crippen LogP contribution in [0.1, 0.15) is 49.3 Å². The molecule has 0 radical (unpaired) electrons. The molecule has 0 amide bonds. The molecule has 2 rings (SSSR count). The standard InChI is InChI=1S/C16H25NO2/c1-19-14-9-8-13-6-5-7-16(15(13)12-14)17-10-3-2-4-11-18/h8-9,12,16-18H,2-7,10-11H2,1H3. The first-order valence-corrected chi connectivity index (χ1v) is 7.36. The molecule has 1 aromatic rings. The summed E-state index contributed by atoms with van der Waals surface area (Å²) in [6.45, 7) is 1.34. The molecule has 0 aliphatic heterocycles. The lowest BCUT2D eigenvalue weighted by Crippen LogP contribution is -2.26. The molecule has 1 aromatic carbocycles. The summed E-state index contributed by atoms with van der Waals surface area (Å²) in [7, 11) is 1.72. The van der Waals surface area contributed by atoms with E-state index in [-0.39, 0.29) is 0 Å². The van der Waals surface area contributed by atoms with Crippen LogP contribution < -0.4 is 10.1 Å². The van der Waals surface area contributed by atoms with E-state index in [1.165, 1.54) is 30.4 Å². The lowest BCUT2D eigenvalue weighted by molar-refractivity contribution is 0.282. The number of aryl methyl sites for hydroxylation is 1. The molecule has 0 aromatic heterocycles. The summed E-state index contributed by atoms with van der Waals surface area (Å²) < 4.78 is 5.33. The average Bonchev–Trinajstić information content (AvgIpc) is 2.46. The molecule has 3 nitrogen and oxygen atoms in total. The van der Waals surface area contributed by atoms with Crippen molar-refractivity contribution in [1.82, 2.24) is 5.32 Å². The molecule has 0 spiro atoms. The summed E-state index contributed by atoms with van der Waals surface area (Å²) >= 11 is 0. The molecule has 0 fully saturated rings. The minimum absolute atomic E-state index is 0.309. The molecule has 106 valence electrons. The number of hydrogen-bond donors (Lipinski definition) is 2. The van der Waals surface area contributed by atoms with E-state index in [4.69, 9.17) is 9.84 Å². The molecule has 0 saturated carbocycles. The molecule has 2 N–H and O–H groups in total. The highest BCUT2D eigenvalue weighted by atomic mass is 16.5. The van der Waals surface area contributed by atoms with Crippen molar-refractivity contribution in [1.29, 1.82) is 0 Å². The van der Waals surface area contributed by atoms with Crippen LogP contribution in [0.3, 0.4) is 0 Å². The summed E-state index contributed by atoms with van der Waals surface area (Å²) in [5.41, 5.74) is 2.87. The monoisotopic (exact) mass is 263 g/mol. The fourth-order valence-electron chi connectivity index (χ4n) is 2.81. The molecular formula is C16H25NO2. The Bertz CT molecular complexity index is 392. The maximum atomic E-state index is 8.77. The summed E-state index contributed by atoms with van der Waals surface area (Å²) in [6, 6.07) is 6.91. The molecule has 0 saturated heterocycles. The zero-order valence-electron chi connectivity index (χ0n) is 11.8. The SMILES string of the molecule is COc1ccc2c(c1)C(NCCCCCO)CCC2. The van der Waals surface area contributed by atoms with Crippen LogP contribution in [0.4, 0.5) is 0 Å². The van der Waals surface area contributed by atoms with Crippen LogP contribution in [0.15, 0.2) is 18.2 Å². The number of rotatable bonds is 7. The predicted octanol–water partition coefficient (Wildman–Crippen LogP) is 2.82. The number of fused-ring (bicyclic) bond motifs is 1. The van der Waals surface area contributed by atoms with Gasteiger partial charge in [-0.1, -0.05) is 6.07 Å². The van der Waals surface area contributed by atoms with Gasteiger partial charge in [-0.2, -0.15) is 0 Å². The van der Waals surface area contributed by atoms with Crippen molar-refractivity contribution in [3.63, 3.8) is 0 Å². The summed E-state index contributed by atoms with van der Waals surface area (Å²) in [5, 5.41) is 12.4. The van der Waals surface area contributed by atoms with Gasteiger partial charge in [0.2, 0.25) is 0 Å². The van der Waals surface area contributed by atoms with Crippen molar-refractivity contribution in [3.05, 3.63) is 29.3 Å². The van der Waals surface area contributed by atoms with E-state index in [1.54, 1.807) is 7.11 Å². The lowest BCUT2D eigenvalue weighted by atomic mass is 9.87. The van der Waals surface area contributed by atoms with Crippen LogP contribution in [0.25, 0.3) is 0 Å². The third kappa shape index (κ3) is 3.95. The van der Waals surface area contributed by atoms with Gasteiger partial charge in [-0.25, -0.2) is 0 Å². The van der Waals surface area contributed by atoms with Crippen molar-refractivity contribution in [2.75, 3.05) is 20.3 Å². The van der Waals surface area contributed by atoms with E-state index < -0.39 is 0 Å². The van der Waals surface area contributed by atoms with Crippen LogP contribution in [0, 0.1) is 0 Å². The Balaban J connectivity index is 1.92. The second kappa shape index (κ2) is 7.51. The smallest absolute Gasteiger partial charge is 0.119 e. The first kappa shape index (κ1) is 14.4. The van der Waals surface area contributed by atoms with Crippen molar-refractivity contribution in [2.24, 2.45) is 0 Å².